The highest BCUT2D eigenvalue weighted by molar-refractivity contribution is 7.92. The van der Waals surface area contributed by atoms with Crippen LogP contribution >= 0.6 is 0 Å². The maximum absolute atomic E-state index is 13.3. The Bertz CT molecular complexity index is 1210. The van der Waals surface area contributed by atoms with Crippen molar-refractivity contribution in [2.24, 2.45) is 0 Å². The predicted octanol–water partition coefficient (Wildman–Crippen LogP) is 1.96. The average molecular weight is 467 g/mol. The molecular formula is C24H26N4O4S. The summed E-state index contributed by atoms with van der Waals surface area (Å²) in [5.74, 6) is -0.224. The van der Waals surface area contributed by atoms with Crippen LogP contribution in [-0.4, -0.2) is 67.3 Å². The van der Waals surface area contributed by atoms with Crippen LogP contribution in [0, 0.1) is 0 Å². The number of nitrogens with one attached hydrogen (secondary N) is 1. The molecular weight excluding hydrogens is 440 g/mol. The fourth-order valence-electron chi connectivity index (χ4n) is 4.86. The van der Waals surface area contributed by atoms with Crippen molar-refractivity contribution in [2.45, 2.75) is 18.4 Å². The molecule has 1 atom stereocenters. The minimum absolute atomic E-state index is 0.155. The highest BCUT2D eigenvalue weighted by atomic mass is 32.2. The molecule has 2 fully saturated rings. The Kier molecular flexibility index (Phi) is 5.55. The topological polar surface area (TPSA) is 90.0 Å². The first-order chi connectivity index (χ1) is 15.9. The third-order valence-corrected chi connectivity index (χ3v) is 8.25. The summed E-state index contributed by atoms with van der Waals surface area (Å²) in [7, 11) is -3.54. The van der Waals surface area contributed by atoms with Gasteiger partial charge in [0.15, 0.2) is 0 Å². The van der Waals surface area contributed by atoms with Crippen molar-refractivity contribution >= 4 is 28.0 Å². The summed E-state index contributed by atoms with van der Waals surface area (Å²) in [4.78, 5) is 29.3. The monoisotopic (exact) mass is 466 g/mol. The van der Waals surface area contributed by atoms with Crippen molar-refractivity contribution in [3.8, 4) is 0 Å². The molecule has 2 saturated heterocycles. The molecule has 33 heavy (non-hydrogen) atoms. The van der Waals surface area contributed by atoms with Crippen molar-refractivity contribution < 1.29 is 18.0 Å². The second-order valence-electron chi connectivity index (χ2n) is 8.64. The van der Waals surface area contributed by atoms with Gasteiger partial charge in [0, 0.05) is 31.6 Å². The number of rotatable bonds is 5. The van der Waals surface area contributed by atoms with E-state index in [1.54, 1.807) is 6.08 Å². The van der Waals surface area contributed by atoms with Crippen LogP contribution in [0.1, 0.15) is 23.1 Å². The molecule has 2 aromatic rings. The minimum Gasteiger partial charge on any atom is -0.319 e. The Labute approximate surface area is 193 Å². The van der Waals surface area contributed by atoms with Crippen LogP contribution in [0.5, 0.6) is 0 Å². The van der Waals surface area contributed by atoms with Gasteiger partial charge in [0.25, 0.3) is 5.91 Å². The molecule has 0 bridgehead atoms. The number of nitrogens with zero attached hydrogens (tertiary/aromatic N) is 3. The zero-order valence-electron chi connectivity index (χ0n) is 18.2. The number of carbonyl (C=O) groups is 2. The largest absolute Gasteiger partial charge is 0.326 e. The lowest BCUT2D eigenvalue weighted by atomic mass is 9.92. The molecule has 3 amide bonds. The van der Waals surface area contributed by atoms with E-state index in [2.05, 4.69) is 5.32 Å². The van der Waals surface area contributed by atoms with Crippen LogP contribution in [0.25, 0.3) is 6.08 Å². The number of hydrogen-bond donors (Lipinski definition) is 1. The summed E-state index contributed by atoms with van der Waals surface area (Å²) >= 11 is 0. The van der Waals surface area contributed by atoms with E-state index in [4.69, 9.17) is 0 Å². The van der Waals surface area contributed by atoms with E-state index in [9.17, 15) is 18.0 Å². The van der Waals surface area contributed by atoms with Crippen molar-refractivity contribution in [1.29, 1.82) is 0 Å². The fraction of sp³-hybridized carbons (Fsp3) is 0.333. The van der Waals surface area contributed by atoms with Gasteiger partial charge in [0.05, 0.1) is 6.67 Å². The first-order valence-electron chi connectivity index (χ1n) is 11.1. The lowest BCUT2D eigenvalue weighted by Gasteiger charge is -2.34. The first-order valence-corrected chi connectivity index (χ1v) is 12.6. The molecule has 9 heteroatoms. The molecule has 2 aliphatic heterocycles. The molecule has 2 heterocycles. The fourth-order valence-corrected chi connectivity index (χ4v) is 6.03. The van der Waals surface area contributed by atoms with Gasteiger partial charge in [-0.25, -0.2) is 18.1 Å². The van der Waals surface area contributed by atoms with E-state index in [0.717, 1.165) is 23.1 Å². The number of benzene rings is 2. The summed E-state index contributed by atoms with van der Waals surface area (Å²) in [6, 6.07) is 16.6. The zero-order chi connectivity index (χ0) is 23.1. The predicted molar refractivity (Wildman–Crippen MR) is 124 cm³/mol. The van der Waals surface area contributed by atoms with Crippen LogP contribution in [0.2, 0.25) is 0 Å². The quantitative estimate of drug-likeness (QED) is 0.681. The number of sulfonamides is 1. The van der Waals surface area contributed by atoms with E-state index in [1.807, 2.05) is 59.5 Å². The normalized spacial score (nSPS) is 24.1. The number of aryl methyl sites for hydroxylation is 1. The third-order valence-electron chi connectivity index (χ3n) is 6.69. The Morgan fingerprint density at radius 3 is 2.39 bits per heavy atom. The molecule has 5 rings (SSSR count). The van der Waals surface area contributed by atoms with Crippen LogP contribution in [-0.2, 0) is 26.8 Å². The highest BCUT2D eigenvalue weighted by Gasteiger charge is 2.55. The Morgan fingerprint density at radius 2 is 1.64 bits per heavy atom. The van der Waals surface area contributed by atoms with Crippen LogP contribution < -0.4 is 5.32 Å². The van der Waals surface area contributed by atoms with E-state index in [-0.39, 0.29) is 12.6 Å². The van der Waals surface area contributed by atoms with Crippen LogP contribution in [0.15, 0.2) is 60.0 Å². The number of urea groups is 1. The van der Waals surface area contributed by atoms with E-state index in [1.165, 1.54) is 14.6 Å². The molecule has 1 aliphatic carbocycles. The Balaban J connectivity index is 1.22. The van der Waals surface area contributed by atoms with Gasteiger partial charge in [0.1, 0.15) is 5.54 Å². The van der Waals surface area contributed by atoms with Gasteiger partial charge in [-0.3, -0.25) is 9.69 Å². The zero-order valence-corrected chi connectivity index (χ0v) is 19.0. The highest BCUT2D eigenvalue weighted by Crippen LogP contribution is 2.41. The maximum Gasteiger partial charge on any atom is 0.326 e. The summed E-state index contributed by atoms with van der Waals surface area (Å²) in [6.07, 6.45) is 2.91. The smallest absolute Gasteiger partial charge is 0.319 e. The SMILES string of the molecule is O=C1NC2(CCc3ccccc32)C(=O)N1CN1CCN(S(=O)(=O)/C=C/c2ccccc2)CC1. The van der Waals surface area contributed by atoms with Crippen molar-refractivity contribution in [2.75, 3.05) is 32.8 Å². The molecule has 0 radical (unpaired) electrons. The van der Waals surface area contributed by atoms with Crippen LogP contribution in [0.3, 0.4) is 0 Å². The average Bonchev–Trinajstić information content (AvgIpc) is 3.32. The maximum atomic E-state index is 13.3. The molecule has 0 aromatic heterocycles. The van der Waals surface area contributed by atoms with E-state index < -0.39 is 21.6 Å². The molecule has 3 aliphatic rings. The van der Waals surface area contributed by atoms with Crippen LogP contribution in [0.4, 0.5) is 4.79 Å². The van der Waals surface area contributed by atoms with Gasteiger partial charge in [-0.1, -0.05) is 54.6 Å². The van der Waals surface area contributed by atoms with Crippen molar-refractivity contribution in [1.82, 2.24) is 19.4 Å². The first kappa shape index (κ1) is 21.8. The second-order valence-corrected chi connectivity index (χ2v) is 10.5. The summed E-state index contributed by atoms with van der Waals surface area (Å²) in [5, 5.41) is 4.17. The second kappa shape index (κ2) is 8.40. The van der Waals surface area contributed by atoms with Gasteiger partial charge in [-0.2, -0.15) is 4.31 Å². The number of amides is 3. The van der Waals surface area contributed by atoms with E-state index in [0.29, 0.717) is 32.6 Å². The third kappa shape index (κ3) is 3.96. The summed E-state index contributed by atoms with van der Waals surface area (Å²) in [5.41, 5.74) is 1.82. The molecule has 1 N–H and O–H groups in total. The van der Waals surface area contributed by atoms with E-state index >= 15 is 0 Å². The molecule has 8 nitrogen and oxygen atoms in total. The van der Waals surface area contributed by atoms with Gasteiger partial charge in [-0.05, 0) is 35.6 Å². The summed E-state index contributed by atoms with van der Waals surface area (Å²) < 4.78 is 26.8. The number of hydrogen-bond acceptors (Lipinski definition) is 5. The summed E-state index contributed by atoms with van der Waals surface area (Å²) in [6.45, 7) is 1.65. The number of fused-ring (bicyclic) bond motifs is 2. The number of carbonyl (C=O) groups excluding carboxylic acids is 2. The number of imide groups is 1. The number of piperazine rings is 1. The Hall–Kier alpha value is -3.01. The van der Waals surface area contributed by atoms with Crippen molar-refractivity contribution in [3.63, 3.8) is 0 Å². The molecule has 172 valence electrons. The molecule has 0 saturated carbocycles. The van der Waals surface area contributed by atoms with Gasteiger partial charge in [0.2, 0.25) is 10.0 Å². The standard InChI is InChI=1S/C24H26N4O4S/c29-22-24(12-10-20-8-4-5-9-21(20)24)25-23(30)28(22)18-26-13-15-27(16-14-26)33(31,32)17-11-19-6-2-1-3-7-19/h1-9,11,17H,10,12-16,18H2,(H,25,30)/b17-11+. The van der Waals surface area contributed by atoms with Gasteiger partial charge >= 0.3 is 6.03 Å². The lowest BCUT2D eigenvalue weighted by Crippen LogP contribution is -2.52. The lowest BCUT2D eigenvalue weighted by molar-refractivity contribution is -0.133. The van der Waals surface area contributed by atoms with Gasteiger partial charge < -0.3 is 5.32 Å². The molecule has 1 spiro atoms. The van der Waals surface area contributed by atoms with Crippen molar-refractivity contribution in [3.05, 3.63) is 76.7 Å². The molecule has 1 unspecified atom stereocenters. The molecule has 2 aromatic carbocycles. The van der Waals surface area contributed by atoms with Gasteiger partial charge in [-0.15, -0.1) is 0 Å². The minimum atomic E-state index is -3.54. The Morgan fingerprint density at radius 1 is 0.939 bits per heavy atom.